The van der Waals surface area contributed by atoms with Gasteiger partial charge in [-0.05, 0) is 6.07 Å². The molecule has 1 aliphatic heterocycles. The number of ketones is 1. The number of Topliss-reactive ketones (excluding diaryl/α,β-unsaturated/α-hetero) is 1. The fourth-order valence-electron chi connectivity index (χ4n) is 1.56. The first kappa shape index (κ1) is 12.1. The Balaban J connectivity index is 2.55. The highest BCUT2D eigenvalue weighted by Crippen LogP contribution is 2.40. The van der Waals surface area contributed by atoms with E-state index in [9.17, 15) is 9.18 Å². The number of rotatable bonds is 2. The van der Waals surface area contributed by atoms with E-state index in [4.69, 9.17) is 26.8 Å². The molecule has 17 heavy (non-hydrogen) atoms. The van der Waals surface area contributed by atoms with Gasteiger partial charge in [-0.15, -0.1) is 0 Å². The standard InChI is InChI=1S/C11H11ClFNO3/c12-9-10(13)6(7(15)5-14)4-8-11(9)17-3-1-2-16-8/h4H,1-3,5,14H2. The van der Waals surface area contributed by atoms with Crippen molar-refractivity contribution in [3.8, 4) is 11.5 Å². The molecule has 0 aromatic heterocycles. The van der Waals surface area contributed by atoms with Gasteiger partial charge in [0, 0.05) is 6.42 Å². The number of benzene rings is 1. The normalized spacial score (nSPS) is 14.3. The number of hydrogen-bond donors (Lipinski definition) is 1. The molecule has 92 valence electrons. The molecule has 4 nitrogen and oxygen atoms in total. The van der Waals surface area contributed by atoms with Crippen molar-refractivity contribution in [2.45, 2.75) is 6.42 Å². The topological polar surface area (TPSA) is 61.6 Å². The van der Waals surface area contributed by atoms with Crippen LogP contribution >= 0.6 is 11.6 Å². The Bertz CT molecular complexity index is 465. The van der Waals surface area contributed by atoms with Crippen LogP contribution in [0.4, 0.5) is 4.39 Å². The number of halogens is 2. The highest BCUT2D eigenvalue weighted by Gasteiger charge is 2.23. The van der Waals surface area contributed by atoms with Gasteiger partial charge in [-0.3, -0.25) is 4.79 Å². The van der Waals surface area contributed by atoms with Crippen molar-refractivity contribution in [3.63, 3.8) is 0 Å². The summed E-state index contributed by atoms with van der Waals surface area (Å²) in [6.07, 6.45) is 0.673. The van der Waals surface area contributed by atoms with Crippen molar-refractivity contribution in [2.75, 3.05) is 19.8 Å². The van der Waals surface area contributed by atoms with Crippen LogP contribution in [0.25, 0.3) is 0 Å². The van der Waals surface area contributed by atoms with Crippen LogP contribution in [-0.2, 0) is 0 Å². The largest absolute Gasteiger partial charge is 0.489 e. The van der Waals surface area contributed by atoms with E-state index >= 15 is 0 Å². The van der Waals surface area contributed by atoms with Gasteiger partial charge in [0.1, 0.15) is 5.02 Å². The molecular weight excluding hydrogens is 249 g/mol. The van der Waals surface area contributed by atoms with Crippen LogP contribution < -0.4 is 15.2 Å². The number of carbonyl (C=O) groups is 1. The second-order valence-electron chi connectivity index (χ2n) is 3.56. The third-order valence-electron chi connectivity index (χ3n) is 2.41. The zero-order valence-corrected chi connectivity index (χ0v) is 9.72. The molecule has 2 rings (SSSR count). The zero-order valence-electron chi connectivity index (χ0n) is 8.96. The molecule has 0 atom stereocenters. The minimum atomic E-state index is -0.814. The van der Waals surface area contributed by atoms with E-state index in [0.29, 0.717) is 19.6 Å². The molecule has 6 heteroatoms. The van der Waals surface area contributed by atoms with Crippen LogP contribution in [0, 0.1) is 5.82 Å². The summed E-state index contributed by atoms with van der Waals surface area (Å²) in [5, 5.41) is -0.235. The predicted molar refractivity (Wildman–Crippen MR) is 60.4 cm³/mol. The summed E-state index contributed by atoms with van der Waals surface area (Å²) in [4.78, 5) is 11.4. The van der Waals surface area contributed by atoms with Gasteiger partial charge >= 0.3 is 0 Å². The Morgan fingerprint density at radius 2 is 2.18 bits per heavy atom. The maximum atomic E-state index is 13.8. The monoisotopic (exact) mass is 259 g/mol. The molecule has 1 heterocycles. The fourth-order valence-corrected chi connectivity index (χ4v) is 1.81. The fraction of sp³-hybridized carbons (Fsp3) is 0.364. The molecule has 1 aromatic rings. The van der Waals surface area contributed by atoms with Crippen molar-refractivity contribution in [3.05, 3.63) is 22.5 Å². The third kappa shape index (κ3) is 2.21. The molecule has 2 N–H and O–H groups in total. The first-order valence-corrected chi connectivity index (χ1v) is 5.53. The second kappa shape index (κ2) is 4.89. The lowest BCUT2D eigenvalue weighted by molar-refractivity contribution is 0.0997. The lowest BCUT2D eigenvalue weighted by Gasteiger charge is -2.12. The van der Waals surface area contributed by atoms with Crippen LogP contribution in [-0.4, -0.2) is 25.5 Å². The Hall–Kier alpha value is -1.33. The summed E-state index contributed by atoms with van der Waals surface area (Å²) < 4.78 is 24.5. The van der Waals surface area contributed by atoms with Gasteiger partial charge in [0.15, 0.2) is 23.1 Å². The summed E-state index contributed by atoms with van der Waals surface area (Å²) >= 11 is 5.82. The minimum absolute atomic E-state index is 0.148. The maximum Gasteiger partial charge on any atom is 0.182 e. The smallest absolute Gasteiger partial charge is 0.182 e. The van der Waals surface area contributed by atoms with Crippen molar-refractivity contribution < 1.29 is 18.7 Å². The number of fused-ring (bicyclic) bond motifs is 1. The first-order valence-electron chi connectivity index (χ1n) is 5.16. The van der Waals surface area contributed by atoms with Gasteiger partial charge in [0.25, 0.3) is 0 Å². The van der Waals surface area contributed by atoms with Gasteiger partial charge in [-0.25, -0.2) is 4.39 Å². The lowest BCUT2D eigenvalue weighted by atomic mass is 10.1. The van der Waals surface area contributed by atoms with E-state index in [2.05, 4.69) is 0 Å². The quantitative estimate of drug-likeness (QED) is 0.823. The maximum absolute atomic E-state index is 13.8. The van der Waals surface area contributed by atoms with Crippen LogP contribution in [0.2, 0.25) is 5.02 Å². The number of carbonyl (C=O) groups excluding carboxylic acids is 1. The Morgan fingerprint density at radius 1 is 1.47 bits per heavy atom. The van der Waals surface area contributed by atoms with Crippen molar-refractivity contribution in [1.29, 1.82) is 0 Å². The SMILES string of the molecule is NCC(=O)c1cc2c(c(Cl)c1F)OCCCO2. The summed E-state index contributed by atoms with van der Waals surface area (Å²) in [6.45, 7) is 0.550. The van der Waals surface area contributed by atoms with Gasteiger partial charge in [-0.2, -0.15) is 0 Å². The minimum Gasteiger partial charge on any atom is -0.489 e. The van der Waals surface area contributed by atoms with Crippen LogP contribution in [0.15, 0.2) is 6.07 Å². The molecule has 0 unspecified atom stereocenters. The van der Waals surface area contributed by atoms with Gasteiger partial charge < -0.3 is 15.2 Å². The summed E-state index contributed by atoms with van der Waals surface area (Å²) in [5.41, 5.74) is 5.03. The highest BCUT2D eigenvalue weighted by atomic mass is 35.5. The van der Waals surface area contributed by atoms with Crippen LogP contribution in [0.5, 0.6) is 11.5 Å². The molecular formula is C11H11ClFNO3. The van der Waals surface area contributed by atoms with E-state index in [-0.39, 0.29) is 28.6 Å². The Labute approximate surface area is 102 Å². The average Bonchev–Trinajstić information content (AvgIpc) is 2.58. The second-order valence-corrected chi connectivity index (χ2v) is 3.94. The molecule has 0 bridgehead atoms. The molecule has 1 aliphatic rings. The van der Waals surface area contributed by atoms with E-state index in [1.54, 1.807) is 0 Å². The highest BCUT2D eigenvalue weighted by molar-refractivity contribution is 6.33. The molecule has 1 aromatic carbocycles. The molecule has 0 amide bonds. The van der Waals surface area contributed by atoms with Crippen molar-refractivity contribution >= 4 is 17.4 Å². The van der Waals surface area contributed by atoms with Gasteiger partial charge in [0.2, 0.25) is 0 Å². The Kier molecular flexibility index (Phi) is 3.49. The summed E-state index contributed by atoms with van der Waals surface area (Å²) in [7, 11) is 0. The Morgan fingerprint density at radius 3 is 2.88 bits per heavy atom. The first-order chi connectivity index (χ1) is 8.15. The van der Waals surface area contributed by atoms with E-state index < -0.39 is 11.6 Å². The molecule has 0 fully saturated rings. The molecule has 0 saturated carbocycles. The zero-order chi connectivity index (χ0) is 12.4. The van der Waals surface area contributed by atoms with E-state index in [1.165, 1.54) is 6.07 Å². The number of hydrogen-bond acceptors (Lipinski definition) is 4. The summed E-state index contributed by atoms with van der Waals surface area (Å²) in [6, 6.07) is 1.29. The van der Waals surface area contributed by atoms with E-state index in [0.717, 1.165) is 0 Å². The molecule has 0 aliphatic carbocycles. The average molecular weight is 260 g/mol. The van der Waals surface area contributed by atoms with Crippen molar-refractivity contribution in [1.82, 2.24) is 0 Å². The van der Waals surface area contributed by atoms with Gasteiger partial charge in [-0.1, -0.05) is 11.6 Å². The number of ether oxygens (including phenoxy) is 2. The molecule has 0 radical (unpaired) electrons. The van der Waals surface area contributed by atoms with E-state index in [1.807, 2.05) is 0 Å². The third-order valence-corrected chi connectivity index (χ3v) is 2.74. The molecule has 0 spiro atoms. The van der Waals surface area contributed by atoms with Crippen LogP contribution in [0.3, 0.4) is 0 Å². The predicted octanol–water partition coefficient (Wildman–Crippen LogP) is 1.78. The van der Waals surface area contributed by atoms with Crippen LogP contribution in [0.1, 0.15) is 16.8 Å². The number of nitrogens with two attached hydrogens (primary N) is 1. The van der Waals surface area contributed by atoms with Gasteiger partial charge in [0.05, 0.1) is 25.3 Å². The molecule has 0 saturated heterocycles. The summed E-state index contributed by atoms with van der Waals surface area (Å²) in [5.74, 6) is -0.910. The lowest BCUT2D eigenvalue weighted by Crippen LogP contribution is -2.15. The van der Waals surface area contributed by atoms with Crippen molar-refractivity contribution in [2.24, 2.45) is 5.73 Å².